The van der Waals surface area contributed by atoms with Gasteiger partial charge in [-0.05, 0) is 32.1 Å². The first-order valence-electron chi connectivity index (χ1n) is 18.6. The van der Waals surface area contributed by atoms with Gasteiger partial charge in [0.25, 0.3) is 0 Å². The smallest absolute Gasteiger partial charge is 0.326 e. The van der Waals surface area contributed by atoms with Gasteiger partial charge in [-0.3, -0.25) is 48.1 Å². The number of hydrogen-bond acceptors (Lipinski definition) is 14. The van der Waals surface area contributed by atoms with Crippen LogP contribution in [0.15, 0.2) is 17.5 Å². The number of aliphatic hydroxyl groups is 1. The van der Waals surface area contributed by atoms with E-state index < -0.39 is 139 Å². The molecule has 0 aliphatic rings. The number of carboxylic acids is 4. The first-order chi connectivity index (χ1) is 28.4. The minimum Gasteiger partial charge on any atom is -0.481 e. The van der Waals surface area contributed by atoms with Crippen molar-refractivity contribution >= 4 is 65.3 Å². The number of guanidine groups is 1. The van der Waals surface area contributed by atoms with E-state index in [-0.39, 0.29) is 31.8 Å². The summed E-state index contributed by atoms with van der Waals surface area (Å²) in [6.07, 6.45) is -2.67. The molecule has 1 aromatic rings. The monoisotopic (exact) mass is 870 g/mol. The number of aromatic nitrogens is 2. The van der Waals surface area contributed by atoms with Gasteiger partial charge in [-0.25, -0.2) is 9.78 Å². The summed E-state index contributed by atoms with van der Waals surface area (Å²) in [5, 5.41) is 60.9. The average molecular weight is 871 g/mol. The standard InChI is InChI=1S/C34H54N12O15/c1-14(2)26(46-28(55)18(6-7-22(48)49)42-31(58)25(35)15(3)47)32(59)44-20(11-24(52)53)30(57)43-19(10-23(50)51)29(56)41-17(5-4-8-39-34(36)37)27(54)45-21(33(60)61)9-16-12-38-13-40-16/h12-15,17-21,25-26,47H,4-11,35H2,1-3H3,(H,38,40)(H,41,56)(H,42,58)(H,43,57)(H,44,59)(H,45,54)(H,46,55)(H,48,49)(H,50,51)(H,52,53)(H,60,61)(H4,36,37,39)/t15-,17+,18+,19+,20+,21+,25+,26+/m1/s1. The number of nitrogens with zero attached hydrogens (tertiary/aromatic N) is 2. The van der Waals surface area contributed by atoms with Gasteiger partial charge >= 0.3 is 23.9 Å². The van der Waals surface area contributed by atoms with Crippen LogP contribution >= 0.6 is 0 Å². The van der Waals surface area contributed by atoms with Gasteiger partial charge in [0.2, 0.25) is 35.4 Å². The molecule has 6 amide bonds. The lowest BCUT2D eigenvalue weighted by molar-refractivity contribution is -0.144. The molecule has 0 aliphatic heterocycles. The summed E-state index contributed by atoms with van der Waals surface area (Å²) in [4.78, 5) is 137. The number of carboxylic acid groups (broad SMARTS) is 4. The zero-order chi connectivity index (χ0) is 46.6. The number of hydrogen-bond donors (Lipinski definition) is 15. The molecule has 1 heterocycles. The van der Waals surface area contributed by atoms with Crippen LogP contribution in [0, 0.1) is 5.92 Å². The zero-order valence-corrected chi connectivity index (χ0v) is 33.5. The first-order valence-corrected chi connectivity index (χ1v) is 18.6. The average Bonchev–Trinajstić information content (AvgIpc) is 3.67. The number of aliphatic hydroxyl groups excluding tert-OH is 1. The van der Waals surface area contributed by atoms with Crippen molar-refractivity contribution < 1.29 is 73.5 Å². The highest BCUT2D eigenvalue weighted by molar-refractivity contribution is 5.99. The fraction of sp³-hybridized carbons (Fsp3) is 0.588. The van der Waals surface area contributed by atoms with E-state index in [1.165, 1.54) is 33.3 Å². The number of nitrogens with two attached hydrogens (primary N) is 3. The van der Waals surface area contributed by atoms with Crippen LogP contribution in [0.1, 0.15) is 65.0 Å². The lowest BCUT2D eigenvalue weighted by atomic mass is 10.0. The molecule has 340 valence electrons. The number of H-pyrrole nitrogens is 1. The van der Waals surface area contributed by atoms with Gasteiger partial charge < -0.3 is 79.6 Å². The molecule has 0 saturated heterocycles. The van der Waals surface area contributed by atoms with Crippen LogP contribution in [-0.2, 0) is 54.4 Å². The zero-order valence-electron chi connectivity index (χ0n) is 33.5. The maximum atomic E-state index is 13.5. The summed E-state index contributed by atoms with van der Waals surface area (Å²) in [6.45, 7) is 3.99. The third-order valence-electron chi connectivity index (χ3n) is 8.54. The summed E-state index contributed by atoms with van der Waals surface area (Å²) < 4.78 is 0. The number of imidazole rings is 1. The van der Waals surface area contributed by atoms with Crippen LogP contribution in [0.5, 0.6) is 0 Å². The topological polar surface area (TPSA) is 463 Å². The summed E-state index contributed by atoms with van der Waals surface area (Å²) in [6, 6.07) is -11.9. The van der Waals surface area contributed by atoms with Gasteiger partial charge in [0, 0.05) is 31.3 Å². The fourth-order valence-electron chi connectivity index (χ4n) is 5.25. The molecular weight excluding hydrogens is 816 g/mol. The van der Waals surface area contributed by atoms with Crippen molar-refractivity contribution in [1.82, 2.24) is 41.9 Å². The van der Waals surface area contributed by atoms with E-state index in [1.54, 1.807) is 0 Å². The molecule has 8 atom stereocenters. The predicted molar refractivity (Wildman–Crippen MR) is 207 cm³/mol. The van der Waals surface area contributed by atoms with Gasteiger partial charge in [-0.2, -0.15) is 0 Å². The van der Waals surface area contributed by atoms with E-state index in [4.69, 9.17) is 22.3 Å². The Bertz CT molecular complexity index is 1750. The first kappa shape index (κ1) is 52.1. The number of amides is 6. The lowest BCUT2D eigenvalue weighted by Crippen LogP contribution is -2.61. The quantitative estimate of drug-likeness (QED) is 0.0212. The molecule has 0 bridgehead atoms. The van der Waals surface area contributed by atoms with Gasteiger partial charge in [-0.15, -0.1) is 0 Å². The largest absolute Gasteiger partial charge is 0.481 e. The Hall–Kier alpha value is -6.90. The van der Waals surface area contributed by atoms with Crippen LogP contribution in [0.25, 0.3) is 0 Å². The van der Waals surface area contributed by atoms with E-state index >= 15 is 0 Å². The van der Waals surface area contributed by atoms with Gasteiger partial charge in [0.1, 0.15) is 42.3 Å². The predicted octanol–water partition coefficient (Wildman–Crippen LogP) is -5.82. The third kappa shape index (κ3) is 19.6. The molecule has 0 radical (unpaired) electrons. The number of aliphatic carboxylic acids is 4. The number of carbonyl (C=O) groups excluding carboxylic acids is 6. The molecule has 1 rings (SSSR count). The summed E-state index contributed by atoms with van der Waals surface area (Å²) in [5.41, 5.74) is 16.6. The Morgan fingerprint density at radius 2 is 1.15 bits per heavy atom. The number of nitrogens with one attached hydrogen (secondary N) is 7. The summed E-state index contributed by atoms with van der Waals surface area (Å²) >= 11 is 0. The highest BCUT2D eigenvalue weighted by atomic mass is 16.4. The molecule has 18 N–H and O–H groups in total. The van der Waals surface area contributed by atoms with Gasteiger partial charge in [-0.1, -0.05) is 13.8 Å². The molecule has 0 spiro atoms. The number of rotatable bonds is 28. The Balaban J connectivity index is 3.36. The van der Waals surface area contributed by atoms with E-state index in [9.17, 15) is 68.4 Å². The van der Waals surface area contributed by atoms with Crippen molar-refractivity contribution in [3.8, 4) is 0 Å². The Kier molecular flexibility index (Phi) is 21.8. The van der Waals surface area contributed by atoms with Crippen molar-refractivity contribution in [2.45, 2.75) is 114 Å². The number of aliphatic imine (C=N–C) groups is 1. The number of aromatic amines is 1. The Morgan fingerprint density at radius 3 is 1.61 bits per heavy atom. The molecule has 27 nitrogen and oxygen atoms in total. The molecule has 0 aromatic carbocycles. The normalized spacial score (nSPS) is 14.9. The minimum absolute atomic E-state index is 0.0207. The maximum absolute atomic E-state index is 13.5. The van der Waals surface area contributed by atoms with Crippen molar-refractivity contribution in [2.24, 2.45) is 28.1 Å². The molecule has 0 saturated carbocycles. The maximum Gasteiger partial charge on any atom is 0.326 e. The molecule has 1 aromatic heterocycles. The molecule has 0 unspecified atom stereocenters. The molecule has 0 fully saturated rings. The second-order valence-electron chi connectivity index (χ2n) is 14.0. The van der Waals surface area contributed by atoms with Gasteiger partial charge in [0.05, 0.1) is 25.3 Å². The number of carbonyl (C=O) groups is 10. The molecule has 61 heavy (non-hydrogen) atoms. The highest BCUT2D eigenvalue weighted by Crippen LogP contribution is 2.09. The molecule has 27 heteroatoms. The van der Waals surface area contributed by atoms with E-state index in [0.29, 0.717) is 5.69 Å². The lowest BCUT2D eigenvalue weighted by Gasteiger charge is -2.28. The van der Waals surface area contributed by atoms with Crippen LogP contribution in [0.3, 0.4) is 0 Å². The summed E-state index contributed by atoms with van der Waals surface area (Å²) in [7, 11) is 0. The highest BCUT2D eigenvalue weighted by Gasteiger charge is 2.36. The van der Waals surface area contributed by atoms with Crippen LogP contribution in [0.4, 0.5) is 0 Å². The Morgan fingerprint density at radius 1 is 0.672 bits per heavy atom. The Labute approximate surface area is 347 Å². The van der Waals surface area contributed by atoms with Crippen molar-refractivity contribution in [3.05, 3.63) is 18.2 Å². The van der Waals surface area contributed by atoms with E-state index in [2.05, 4.69) is 41.5 Å². The third-order valence-corrected chi connectivity index (χ3v) is 8.54. The van der Waals surface area contributed by atoms with Crippen LogP contribution in [-0.4, -0.2) is 156 Å². The van der Waals surface area contributed by atoms with Gasteiger partial charge in [0.15, 0.2) is 5.96 Å². The fourth-order valence-corrected chi connectivity index (χ4v) is 5.25. The van der Waals surface area contributed by atoms with Crippen LogP contribution in [0.2, 0.25) is 0 Å². The minimum atomic E-state index is -2.03. The van der Waals surface area contributed by atoms with Crippen molar-refractivity contribution in [2.75, 3.05) is 6.54 Å². The SMILES string of the molecule is CC(C)[C@H](NC(=O)[C@H](CCC(=O)O)NC(=O)[C@@H](N)[C@@H](C)O)C(=O)N[C@@H](CC(=O)O)C(=O)N[C@@H](CC(=O)O)C(=O)N[C@@H](CCCN=C(N)N)C(=O)N[C@@H](Cc1cnc[nH]1)C(=O)O. The van der Waals surface area contributed by atoms with Crippen molar-refractivity contribution in [3.63, 3.8) is 0 Å². The molecule has 0 aliphatic carbocycles. The second-order valence-corrected chi connectivity index (χ2v) is 14.0. The second kappa shape index (κ2) is 25.6. The van der Waals surface area contributed by atoms with Crippen LogP contribution < -0.4 is 49.1 Å². The van der Waals surface area contributed by atoms with E-state index in [0.717, 1.165) is 0 Å². The molecular formula is C34H54N12O15. The summed E-state index contributed by atoms with van der Waals surface area (Å²) in [5.74, 6) is -14.3. The van der Waals surface area contributed by atoms with Crippen molar-refractivity contribution in [1.29, 1.82) is 0 Å². The van der Waals surface area contributed by atoms with E-state index in [1.807, 2.05) is 5.32 Å².